The summed E-state index contributed by atoms with van der Waals surface area (Å²) in [6.45, 7) is 7.65. The Morgan fingerprint density at radius 3 is 2.62 bits per heavy atom. The van der Waals surface area contributed by atoms with E-state index in [1.165, 1.54) is 12.5 Å². The summed E-state index contributed by atoms with van der Waals surface area (Å²) in [7, 11) is 1.50. The Balaban J connectivity index is 1.42. The van der Waals surface area contributed by atoms with E-state index in [1.807, 2.05) is 19.1 Å². The number of rotatable bonds is 10. The maximum absolute atomic E-state index is 13.2. The summed E-state index contributed by atoms with van der Waals surface area (Å²) < 4.78 is 11.3. The standard InChI is InChI=1S/C34H35ClN6O6S/c1-19-23(7-6-8-25(19)39-30(44)32-38-22(17-42)18-48-32)29-28(35)24(13-14-36-29)26-11-9-20(31(40-26)46-5)15-41(33(45)47-34(2,3)4)16-21-10-12-27(43)37-21/h6-9,11,13-14,17-18,21H,10,12,15-16H2,1-5H3,(H,37,43)(H,39,44)/t21-/m0/s1. The molecule has 1 aromatic carbocycles. The minimum atomic E-state index is -0.706. The molecule has 12 nitrogen and oxygen atoms in total. The summed E-state index contributed by atoms with van der Waals surface area (Å²) in [5, 5.41) is 7.80. The molecule has 0 aliphatic carbocycles. The van der Waals surface area contributed by atoms with Crippen LogP contribution in [0.25, 0.3) is 22.5 Å². The number of pyridine rings is 2. The first-order chi connectivity index (χ1) is 22.9. The van der Waals surface area contributed by atoms with Gasteiger partial charge >= 0.3 is 6.09 Å². The third-order valence-corrected chi connectivity index (χ3v) is 8.75. The SMILES string of the molecule is COc1nc(-c2ccnc(-c3cccc(NC(=O)c4nc(C=O)cs4)c3C)c2Cl)ccc1CN(C[C@@H]1CCC(=O)N1)C(=O)OC(C)(C)C. The number of carbonyl (C=O) groups is 4. The van der Waals surface area contributed by atoms with Crippen LogP contribution < -0.4 is 15.4 Å². The Labute approximate surface area is 286 Å². The quantitative estimate of drug-likeness (QED) is 0.182. The number of benzene rings is 1. The van der Waals surface area contributed by atoms with E-state index in [0.717, 1.165) is 16.9 Å². The summed E-state index contributed by atoms with van der Waals surface area (Å²) in [4.78, 5) is 63.7. The maximum atomic E-state index is 13.2. The first-order valence-electron chi connectivity index (χ1n) is 15.1. The Kier molecular flexibility index (Phi) is 10.4. The van der Waals surface area contributed by atoms with Gasteiger partial charge < -0.3 is 25.0 Å². The van der Waals surface area contributed by atoms with Crippen LogP contribution in [-0.2, 0) is 16.1 Å². The monoisotopic (exact) mass is 690 g/mol. The van der Waals surface area contributed by atoms with Crippen molar-refractivity contribution in [3.63, 3.8) is 0 Å². The van der Waals surface area contributed by atoms with E-state index < -0.39 is 17.6 Å². The molecular weight excluding hydrogens is 656 g/mol. The molecule has 5 rings (SSSR count). The van der Waals surface area contributed by atoms with Crippen molar-refractivity contribution in [2.45, 2.75) is 58.7 Å². The molecule has 48 heavy (non-hydrogen) atoms. The number of halogens is 1. The summed E-state index contributed by atoms with van der Waals surface area (Å²) in [6.07, 6.45) is 2.74. The average Bonchev–Trinajstić information content (AvgIpc) is 3.70. The molecule has 0 radical (unpaired) electrons. The van der Waals surface area contributed by atoms with Crippen molar-refractivity contribution in [3.8, 4) is 28.4 Å². The predicted octanol–water partition coefficient (Wildman–Crippen LogP) is 6.32. The van der Waals surface area contributed by atoms with Gasteiger partial charge in [0.1, 0.15) is 11.3 Å². The molecule has 1 fully saturated rings. The summed E-state index contributed by atoms with van der Waals surface area (Å²) in [5.41, 5.74) is 3.70. The van der Waals surface area contributed by atoms with E-state index in [9.17, 15) is 19.2 Å². The number of nitrogens with zero attached hydrogens (tertiary/aromatic N) is 4. The zero-order chi connectivity index (χ0) is 34.6. The number of ether oxygens (including phenoxy) is 2. The largest absolute Gasteiger partial charge is 0.481 e. The van der Waals surface area contributed by atoms with E-state index >= 15 is 0 Å². The summed E-state index contributed by atoms with van der Waals surface area (Å²) in [6, 6.07) is 10.6. The van der Waals surface area contributed by atoms with Gasteiger partial charge in [-0.1, -0.05) is 23.7 Å². The fourth-order valence-corrected chi connectivity index (χ4v) is 6.18. The molecule has 4 aromatic rings. The van der Waals surface area contributed by atoms with Crippen molar-refractivity contribution in [1.29, 1.82) is 0 Å². The van der Waals surface area contributed by atoms with E-state index in [-0.39, 0.29) is 35.7 Å². The van der Waals surface area contributed by atoms with Crippen LogP contribution in [0.2, 0.25) is 5.02 Å². The lowest BCUT2D eigenvalue weighted by atomic mass is 10.0. The number of hydrogen-bond acceptors (Lipinski definition) is 10. The number of anilines is 1. The van der Waals surface area contributed by atoms with E-state index in [1.54, 1.807) is 56.1 Å². The van der Waals surface area contributed by atoms with Crippen molar-refractivity contribution < 1.29 is 28.7 Å². The first-order valence-corrected chi connectivity index (χ1v) is 16.4. The minimum absolute atomic E-state index is 0.0436. The molecule has 1 aliphatic rings. The number of aldehydes is 1. The molecule has 0 bridgehead atoms. The number of nitrogens with one attached hydrogen (secondary N) is 2. The van der Waals surface area contributed by atoms with Gasteiger partial charge in [-0.25, -0.2) is 14.8 Å². The normalized spacial score (nSPS) is 14.3. The molecule has 14 heteroatoms. The van der Waals surface area contributed by atoms with Crippen LogP contribution in [0.5, 0.6) is 5.88 Å². The van der Waals surface area contributed by atoms with Gasteiger partial charge in [-0.15, -0.1) is 11.3 Å². The molecular formula is C34H35ClN6O6S. The second kappa shape index (κ2) is 14.5. The second-order valence-corrected chi connectivity index (χ2v) is 13.4. The van der Waals surface area contributed by atoms with Gasteiger partial charge in [-0.2, -0.15) is 0 Å². The molecule has 1 atom stereocenters. The van der Waals surface area contributed by atoms with E-state index in [0.29, 0.717) is 63.8 Å². The maximum Gasteiger partial charge on any atom is 0.410 e. The van der Waals surface area contributed by atoms with Crippen molar-refractivity contribution in [2.75, 3.05) is 19.0 Å². The van der Waals surface area contributed by atoms with Gasteiger partial charge in [-0.3, -0.25) is 19.4 Å². The first kappa shape index (κ1) is 34.5. The Hall–Kier alpha value is -4.88. The Morgan fingerprint density at radius 2 is 1.96 bits per heavy atom. The van der Waals surface area contributed by atoms with Gasteiger partial charge in [0.15, 0.2) is 11.3 Å². The number of thiazole rings is 1. The fraction of sp³-hybridized carbons (Fsp3) is 0.324. The van der Waals surface area contributed by atoms with E-state index in [4.69, 9.17) is 26.1 Å². The highest BCUT2D eigenvalue weighted by Gasteiger charge is 2.29. The molecule has 1 saturated heterocycles. The number of aromatic nitrogens is 3. The van der Waals surface area contributed by atoms with Crippen LogP contribution in [-0.4, -0.2) is 69.3 Å². The summed E-state index contributed by atoms with van der Waals surface area (Å²) in [5.74, 6) is -0.180. The van der Waals surface area contributed by atoms with Crippen LogP contribution >= 0.6 is 22.9 Å². The molecule has 2 N–H and O–H groups in total. The zero-order valence-corrected chi connectivity index (χ0v) is 28.7. The van der Waals surface area contributed by atoms with Crippen molar-refractivity contribution in [2.24, 2.45) is 0 Å². The highest BCUT2D eigenvalue weighted by Crippen LogP contribution is 2.38. The fourth-order valence-electron chi connectivity index (χ4n) is 5.21. The van der Waals surface area contributed by atoms with Crippen LogP contribution in [0.3, 0.4) is 0 Å². The van der Waals surface area contributed by atoms with Gasteiger partial charge in [0.25, 0.3) is 5.91 Å². The van der Waals surface area contributed by atoms with Crippen LogP contribution in [0.1, 0.15) is 65.0 Å². The molecule has 1 aliphatic heterocycles. The lowest BCUT2D eigenvalue weighted by Crippen LogP contribution is -2.43. The molecule has 4 heterocycles. The predicted molar refractivity (Wildman–Crippen MR) is 182 cm³/mol. The second-order valence-electron chi connectivity index (χ2n) is 12.2. The molecule has 3 amide bonds. The van der Waals surface area contributed by atoms with Crippen molar-refractivity contribution >= 4 is 52.8 Å². The third kappa shape index (κ3) is 7.97. The number of carbonyl (C=O) groups excluding carboxylic acids is 4. The number of amides is 3. The minimum Gasteiger partial charge on any atom is -0.481 e. The van der Waals surface area contributed by atoms with Crippen LogP contribution in [0, 0.1) is 6.92 Å². The van der Waals surface area contributed by atoms with Gasteiger partial charge in [0, 0.05) is 53.0 Å². The summed E-state index contributed by atoms with van der Waals surface area (Å²) >= 11 is 8.06. The van der Waals surface area contributed by atoms with Gasteiger partial charge in [-0.05, 0) is 63.9 Å². The topological polar surface area (TPSA) is 153 Å². The molecule has 0 unspecified atom stereocenters. The molecule has 0 saturated carbocycles. The Bertz CT molecular complexity index is 1870. The Morgan fingerprint density at radius 1 is 1.17 bits per heavy atom. The highest BCUT2D eigenvalue weighted by atomic mass is 35.5. The third-order valence-electron chi connectivity index (χ3n) is 7.51. The highest BCUT2D eigenvalue weighted by molar-refractivity contribution is 7.12. The van der Waals surface area contributed by atoms with Crippen LogP contribution in [0.4, 0.5) is 10.5 Å². The molecule has 0 spiro atoms. The van der Waals surface area contributed by atoms with Crippen molar-refractivity contribution in [1.82, 2.24) is 25.2 Å². The van der Waals surface area contributed by atoms with Gasteiger partial charge in [0.2, 0.25) is 11.8 Å². The van der Waals surface area contributed by atoms with Gasteiger partial charge in [0.05, 0.1) is 30.1 Å². The number of hydrogen-bond donors (Lipinski definition) is 2. The lowest BCUT2D eigenvalue weighted by Gasteiger charge is -2.29. The van der Waals surface area contributed by atoms with Crippen molar-refractivity contribution in [3.05, 3.63) is 74.8 Å². The molecule has 3 aromatic heterocycles. The smallest absolute Gasteiger partial charge is 0.410 e. The average molecular weight is 691 g/mol. The van der Waals surface area contributed by atoms with Crippen LogP contribution in [0.15, 0.2) is 48.0 Å². The van der Waals surface area contributed by atoms with E-state index in [2.05, 4.69) is 20.6 Å². The lowest BCUT2D eigenvalue weighted by molar-refractivity contribution is -0.119. The zero-order valence-electron chi connectivity index (χ0n) is 27.1. The number of methoxy groups -OCH3 is 1. The molecule has 250 valence electrons.